The molecule has 1 aromatic rings. The van der Waals surface area contributed by atoms with Crippen molar-refractivity contribution in [3.8, 4) is 0 Å². The van der Waals surface area contributed by atoms with E-state index in [-0.39, 0.29) is 0 Å². The van der Waals surface area contributed by atoms with Crippen LogP contribution in [0.1, 0.15) is 32.5 Å². The van der Waals surface area contributed by atoms with Crippen LogP contribution in [-0.4, -0.2) is 46.6 Å². The first-order chi connectivity index (χ1) is 9.71. The molecule has 6 heteroatoms. The zero-order chi connectivity index (χ0) is 14.1. The molecule has 3 rings (SSSR count). The van der Waals surface area contributed by atoms with Crippen molar-refractivity contribution in [2.45, 2.75) is 45.2 Å². The van der Waals surface area contributed by atoms with Gasteiger partial charge in [0.2, 0.25) is 0 Å². The summed E-state index contributed by atoms with van der Waals surface area (Å²) >= 11 is 0. The van der Waals surface area contributed by atoms with Crippen molar-refractivity contribution in [3.05, 3.63) is 11.9 Å². The highest BCUT2D eigenvalue weighted by molar-refractivity contribution is 5.50. The Kier molecular flexibility index (Phi) is 3.76. The third-order valence-corrected chi connectivity index (χ3v) is 4.45. The minimum atomic E-state index is 0.481. The first-order valence-corrected chi connectivity index (χ1v) is 7.56. The van der Waals surface area contributed by atoms with Crippen LogP contribution < -0.4 is 16.2 Å². The van der Waals surface area contributed by atoms with Gasteiger partial charge in [-0.25, -0.2) is 15.8 Å². The minimum Gasteiger partial charge on any atom is -0.351 e. The Labute approximate surface area is 120 Å². The van der Waals surface area contributed by atoms with Crippen LogP contribution >= 0.6 is 0 Å². The SMILES string of the molecule is CCc1nc(NN)cc(N2CC3CCCN3CC2C)n1. The van der Waals surface area contributed by atoms with E-state index in [9.17, 15) is 0 Å². The number of hydrogen-bond acceptors (Lipinski definition) is 6. The Balaban J connectivity index is 1.87. The van der Waals surface area contributed by atoms with Crippen LogP contribution in [0.5, 0.6) is 0 Å². The molecule has 0 bridgehead atoms. The number of hydrazine groups is 1. The number of rotatable bonds is 3. The molecular formula is C14H24N6. The molecule has 0 amide bonds. The number of nitrogens with two attached hydrogens (primary N) is 1. The summed E-state index contributed by atoms with van der Waals surface area (Å²) in [6.45, 7) is 7.78. The molecule has 2 fully saturated rings. The fourth-order valence-corrected chi connectivity index (χ4v) is 3.37. The number of fused-ring (bicyclic) bond motifs is 1. The summed E-state index contributed by atoms with van der Waals surface area (Å²) in [6.07, 6.45) is 3.45. The van der Waals surface area contributed by atoms with Crippen LogP contribution in [0.2, 0.25) is 0 Å². The predicted octanol–water partition coefficient (Wildman–Crippen LogP) is 0.997. The highest BCUT2D eigenvalue weighted by Gasteiger charge is 2.35. The monoisotopic (exact) mass is 276 g/mol. The maximum Gasteiger partial charge on any atom is 0.145 e. The molecule has 3 heterocycles. The third kappa shape index (κ3) is 2.45. The molecule has 2 unspecified atom stereocenters. The van der Waals surface area contributed by atoms with E-state index < -0.39 is 0 Å². The standard InChI is InChI=1S/C14H24N6/c1-3-12-16-13(18-15)7-14(17-12)20-9-11-5-4-6-19(11)8-10(20)2/h7,10-11H,3-6,8-9,15H2,1-2H3,(H,16,17,18). The lowest BCUT2D eigenvalue weighted by Gasteiger charge is -2.43. The predicted molar refractivity (Wildman–Crippen MR) is 80.6 cm³/mol. The minimum absolute atomic E-state index is 0.481. The van der Waals surface area contributed by atoms with Gasteiger partial charge in [0.05, 0.1) is 0 Å². The lowest BCUT2D eigenvalue weighted by molar-refractivity contribution is 0.202. The van der Waals surface area contributed by atoms with Gasteiger partial charge in [-0.3, -0.25) is 4.90 Å². The number of nitrogens with zero attached hydrogens (tertiary/aromatic N) is 4. The van der Waals surface area contributed by atoms with E-state index in [1.54, 1.807) is 0 Å². The van der Waals surface area contributed by atoms with Crippen molar-refractivity contribution >= 4 is 11.6 Å². The zero-order valence-corrected chi connectivity index (χ0v) is 12.3. The van der Waals surface area contributed by atoms with Gasteiger partial charge in [-0.15, -0.1) is 0 Å². The van der Waals surface area contributed by atoms with Crippen molar-refractivity contribution < 1.29 is 0 Å². The highest BCUT2D eigenvalue weighted by atomic mass is 15.3. The molecule has 1 aromatic heterocycles. The van der Waals surface area contributed by atoms with Gasteiger partial charge < -0.3 is 10.3 Å². The molecule has 20 heavy (non-hydrogen) atoms. The molecule has 2 atom stereocenters. The van der Waals surface area contributed by atoms with Crippen LogP contribution in [0.25, 0.3) is 0 Å². The van der Waals surface area contributed by atoms with Gasteiger partial charge in [-0.05, 0) is 26.3 Å². The van der Waals surface area contributed by atoms with Crippen LogP contribution in [0, 0.1) is 0 Å². The van der Waals surface area contributed by atoms with E-state index in [1.807, 2.05) is 6.07 Å². The summed E-state index contributed by atoms with van der Waals surface area (Å²) in [5, 5.41) is 0. The van der Waals surface area contributed by atoms with Crippen LogP contribution in [-0.2, 0) is 6.42 Å². The largest absolute Gasteiger partial charge is 0.351 e. The maximum absolute atomic E-state index is 5.52. The van der Waals surface area contributed by atoms with E-state index in [4.69, 9.17) is 5.84 Å². The summed E-state index contributed by atoms with van der Waals surface area (Å²) < 4.78 is 0. The second-order valence-corrected chi connectivity index (χ2v) is 5.82. The molecule has 0 aromatic carbocycles. The Hall–Kier alpha value is -1.40. The smallest absolute Gasteiger partial charge is 0.145 e. The fourth-order valence-electron chi connectivity index (χ4n) is 3.37. The first kappa shape index (κ1) is 13.6. The number of nitrogens with one attached hydrogen (secondary N) is 1. The van der Waals surface area contributed by atoms with Gasteiger partial charge in [-0.2, -0.15) is 0 Å². The van der Waals surface area contributed by atoms with Crippen LogP contribution in [0.15, 0.2) is 6.07 Å². The number of piperazine rings is 1. The van der Waals surface area contributed by atoms with Crippen molar-refractivity contribution in [2.24, 2.45) is 5.84 Å². The summed E-state index contributed by atoms with van der Waals surface area (Å²) in [5.74, 6) is 8.07. The van der Waals surface area contributed by atoms with Crippen LogP contribution in [0.4, 0.5) is 11.6 Å². The van der Waals surface area contributed by atoms with Gasteiger partial charge in [0.25, 0.3) is 0 Å². The van der Waals surface area contributed by atoms with Gasteiger partial charge in [0.1, 0.15) is 17.5 Å². The molecule has 0 spiro atoms. The second kappa shape index (κ2) is 5.54. The second-order valence-electron chi connectivity index (χ2n) is 5.82. The maximum atomic E-state index is 5.52. The summed E-state index contributed by atoms with van der Waals surface area (Å²) in [6, 6.07) is 3.12. The summed E-state index contributed by atoms with van der Waals surface area (Å²) in [4.78, 5) is 14.1. The van der Waals surface area contributed by atoms with Crippen molar-refractivity contribution in [1.29, 1.82) is 0 Å². The molecule has 6 nitrogen and oxygen atoms in total. The number of hydrogen-bond donors (Lipinski definition) is 2. The molecule has 0 radical (unpaired) electrons. The van der Waals surface area contributed by atoms with Crippen LogP contribution in [0.3, 0.4) is 0 Å². The number of aromatic nitrogens is 2. The molecule has 2 aliphatic heterocycles. The van der Waals surface area contributed by atoms with Gasteiger partial charge >= 0.3 is 0 Å². The van der Waals surface area contributed by atoms with Crippen molar-refractivity contribution in [2.75, 3.05) is 30.0 Å². The van der Waals surface area contributed by atoms with E-state index in [2.05, 4.69) is 39.0 Å². The zero-order valence-electron chi connectivity index (χ0n) is 12.3. The summed E-state index contributed by atoms with van der Waals surface area (Å²) in [7, 11) is 0. The normalized spacial score (nSPS) is 26.6. The molecule has 0 saturated carbocycles. The fraction of sp³-hybridized carbons (Fsp3) is 0.714. The lowest BCUT2D eigenvalue weighted by Crippen LogP contribution is -2.55. The molecule has 3 N–H and O–H groups in total. The molecule has 0 aliphatic carbocycles. The Morgan fingerprint density at radius 1 is 1.40 bits per heavy atom. The Bertz CT molecular complexity index is 454. The highest BCUT2D eigenvalue weighted by Crippen LogP contribution is 2.28. The number of anilines is 2. The summed E-state index contributed by atoms with van der Waals surface area (Å²) in [5.41, 5.74) is 2.65. The number of nitrogen functional groups attached to an aromatic ring is 1. The lowest BCUT2D eigenvalue weighted by atomic mass is 10.1. The number of aryl methyl sites for hydroxylation is 1. The third-order valence-electron chi connectivity index (χ3n) is 4.45. The molecule has 2 aliphatic rings. The van der Waals surface area contributed by atoms with E-state index in [0.29, 0.717) is 17.9 Å². The van der Waals surface area contributed by atoms with Gasteiger partial charge in [0, 0.05) is 37.7 Å². The van der Waals surface area contributed by atoms with Gasteiger partial charge in [0.15, 0.2) is 0 Å². The first-order valence-electron chi connectivity index (χ1n) is 7.56. The molecular weight excluding hydrogens is 252 g/mol. The van der Waals surface area contributed by atoms with E-state index in [1.165, 1.54) is 19.4 Å². The topological polar surface area (TPSA) is 70.3 Å². The average Bonchev–Trinajstić information content (AvgIpc) is 2.92. The van der Waals surface area contributed by atoms with E-state index >= 15 is 0 Å². The quantitative estimate of drug-likeness (QED) is 0.634. The van der Waals surface area contributed by atoms with Gasteiger partial charge in [-0.1, -0.05) is 6.92 Å². The van der Waals surface area contributed by atoms with E-state index in [0.717, 1.165) is 31.2 Å². The Morgan fingerprint density at radius 3 is 3.00 bits per heavy atom. The molecule has 2 saturated heterocycles. The average molecular weight is 276 g/mol. The van der Waals surface area contributed by atoms with Crippen molar-refractivity contribution in [1.82, 2.24) is 14.9 Å². The molecule has 110 valence electrons. The Morgan fingerprint density at radius 2 is 2.25 bits per heavy atom. The van der Waals surface area contributed by atoms with Crippen molar-refractivity contribution in [3.63, 3.8) is 0 Å².